The van der Waals surface area contributed by atoms with E-state index in [2.05, 4.69) is 38.1 Å². The van der Waals surface area contributed by atoms with Gasteiger partial charge in [-0.2, -0.15) is 0 Å². The predicted octanol–water partition coefficient (Wildman–Crippen LogP) is 3.91. The molecule has 2 N–H and O–H groups in total. The number of thiophene rings is 1. The molecule has 0 saturated heterocycles. The number of carbonyl (C=O) groups is 1. The number of fused-ring (bicyclic) bond motifs is 1. The van der Waals surface area contributed by atoms with Crippen LogP contribution in [-0.2, 0) is 11.3 Å². The number of benzene rings is 1. The number of anilines is 1. The van der Waals surface area contributed by atoms with Gasteiger partial charge in [0.15, 0.2) is 0 Å². The fraction of sp³-hybridized carbons (Fsp3) is 0.316. The Morgan fingerprint density at radius 1 is 1.37 bits per heavy atom. The van der Waals surface area contributed by atoms with E-state index in [0.29, 0.717) is 22.6 Å². The summed E-state index contributed by atoms with van der Waals surface area (Å²) < 4.78 is 1.64. The Balaban J connectivity index is 1.69. The van der Waals surface area contributed by atoms with E-state index in [9.17, 15) is 9.59 Å². The molecule has 2 heterocycles. The van der Waals surface area contributed by atoms with E-state index in [0.717, 1.165) is 28.7 Å². The third kappa shape index (κ3) is 5.03. The first kappa shape index (κ1) is 19.7. The second-order valence-electron chi connectivity index (χ2n) is 6.37. The number of aromatic nitrogens is 2. The standard InChI is InChI=1S/C19H21BrN4O2S/c1-3-7-24(10-16-22-15-6-8-27-18(15)19(26)23-16)11-17(25)21-13-4-5-14(20)12(2)9-13/h4-6,8-9H,3,7,10-11H2,1-2H3,(H,21,25)(H,22,23,26). The maximum Gasteiger partial charge on any atom is 0.268 e. The van der Waals surface area contributed by atoms with E-state index in [1.807, 2.05) is 41.5 Å². The van der Waals surface area contributed by atoms with Crippen LogP contribution >= 0.6 is 27.3 Å². The molecular weight excluding hydrogens is 428 g/mol. The topological polar surface area (TPSA) is 78.1 Å². The molecule has 3 rings (SSSR count). The molecule has 6 nitrogen and oxygen atoms in total. The van der Waals surface area contributed by atoms with Crippen molar-refractivity contribution in [3.05, 3.63) is 55.9 Å². The van der Waals surface area contributed by atoms with Crippen LogP contribution in [0.5, 0.6) is 0 Å². The first-order valence-electron chi connectivity index (χ1n) is 8.71. The Labute approximate surface area is 169 Å². The number of H-pyrrole nitrogens is 1. The maximum atomic E-state index is 12.5. The van der Waals surface area contributed by atoms with Crippen molar-refractivity contribution in [3.63, 3.8) is 0 Å². The third-order valence-corrected chi connectivity index (χ3v) is 5.88. The Morgan fingerprint density at radius 3 is 2.93 bits per heavy atom. The second kappa shape index (κ2) is 8.77. The van der Waals surface area contributed by atoms with Crippen molar-refractivity contribution < 1.29 is 4.79 Å². The average molecular weight is 449 g/mol. The quantitative estimate of drug-likeness (QED) is 0.574. The number of carbonyl (C=O) groups excluding carboxylic acids is 1. The normalized spacial score (nSPS) is 11.3. The number of nitrogens with zero attached hydrogens (tertiary/aromatic N) is 2. The summed E-state index contributed by atoms with van der Waals surface area (Å²) in [5.74, 6) is 0.482. The molecule has 0 unspecified atom stereocenters. The smallest absolute Gasteiger partial charge is 0.268 e. The number of hydrogen-bond donors (Lipinski definition) is 2. The Morgan fingerprint density at radius 2 is 2.19 bits per heavy atom. The van der Waals surface area contributed by atoms with Gasteiger partial charge >= 0.3 is 0 Å². The first-order valence-corrected chi connectivity index (χ1v) is 10.4. The van der Waals surface area contributed by atoms with Gasteiger partial charge in [-0.05, 0) is 55.1 Å². The zero-order valence-electron chi connectivity index (χ0n) is 15.2. The SMILES string of the molecule is CCCN(CC(=O)Nc1ccc(Br)c(C)c1)Cc1nc2ccsc2c(=O)[nH]1. The summed E-state index contributed by atoms with van der Waals surface area (Å²) in [7, 11) is 0. The highest BCUT2D eigenvalue weighted by Gasteiger charge is 2.14. The molecule has 8 heteroatoms. The van der Waals surface area contributed by atoms with Crippen LogP contribution in [0, 0.1) is 6.92 Å². The molecule has 0 aliphatic heterocycles. The number of aryl methyl sites for hydroxylation is 1. The van der Waals surface area contributed by atoms with Crippen LogP contribution in [0.1, 0.15) is 24.7 Å². The van der Waals surface area contributed by atoms with Crippen molar-refractivity contribution in [2.75, 3.05) is 18.4 Å². The number of hydrogen-bond acceptors (Lipinski definition) is 5. The van der Waals surface area contributed by atoms with Gasteiger partial charge in [0.25, 0.3) is 5.56 Å². The van der Waals surface area contributed by atoms with Crippen molar-refractivity contribution >= 4 is 49.1 Å². The highest BCUT2D eigenvalue weighted by Crippen LogP contribution is 2.20. The van der Waals surface area contributed by atoms with Crippen molar-refractivity contribution in [2.24, 2.45) is 0 Å². The molecule has 2 aromatic heterocycles. The van der Waals surface area contributed by atoms with Gasteiger partial charge in [0.05, 0.1) is 18.6 Å². The third-order valence-electron chi connectivity index (χ3n) is 4.09. The largest absolute Gasteiger partial charge is 0.325 e. The zero-order chi connectivity index (χ0) is 19.4. The summed E-state index contributed by atoms with van der Waals surface area (Å²) in [5.41, 5.74) is 2.40. The molecule has 3 aromatic rings. The second-order valence-corrected chi connectivity index (χ2v) is 8.14. The van der Waals surface area contributed by atoms with Crippen molar-refractivity contribution in [2.45, 2.75) is 26.8 Å². The highest BCUT2D eigenvalue weighted by atomic mass is 79.9. The molecule has 0 saturated carbocycles. The number of amides is 1. The van der Waals surface area contributed by atoms with Crippen LogP contribution in [0.2, 0.25) is 0 Å². The van der Waals surface area contributed by atoms with E-state index in [4.69, 9.17) is 0 Å². The van der Waals surface area contributed by atoms with Crippen molar-refractivity contribution in [3.8, 4) is 0 Å². The summed E-state index contributed by atoms with van der Waals surface area (Å²) >= 11 is 4.84. The molecule has 1 amide bonds. The Kier molecular flexibility index (Phi) is 6.41. The molecule has 0 aliphatic carbocycles. The lowest BCUT2D eigenvalue weighted by Gasteiger charge is -2.20. The summed E-state index contributed by atoms with van der Waals surface area (Å²) in [6.07, 6.45) is 0.898. The van der Waals surface area contributed by atoms with Gasteiger partial charge in [-0.1, -0.05) is 22.9 Å². The molecule has 0 atom stereocenters. The van der Waals surface area contributed by atoms with E-state index in [1.165, 1.54) is 11.3 Å². The Bertz CT molecular complexity index is 1010. The molecule has 142 valence electrons. The van der Waals surface area contributed by atoms with Gasteiger partial charge in [0, 0.05) is 10.2 Å². The predicted molar refractivity (Wildman–Crippen MR) is 113 cm³/mol. The van der Waals surface area contributed by atoms with Crippen LogP contribution in [-0.4, -0.2) is 33.9 Å². The number of halogens is 1. The van der Waals surface area contributed by atoms with Crippen LogP contribution in [0.25, 0.3) is 10.2 Å². The lowest BCUT2D eigenvalue weighted by atomic mass is 10.2. The number of rotatable bonds is 7. The van der Waals surface area contributed by atoms with Gasteiger partial charge in [-0.25, -0.2) is 4.98 Å². The van der Waals surface area contributed by atoms with Gasteiger partial charge < -0.3 is 10.3 Å². The van der Waals surface area contributed by atoms with Crippen LogP contribution in [0.15, 0.2) is 38.9 Å². The van der Waals surface area contributed by atoms with Crippen molar-refractivity contribution in [1.82, 2.24) is 14.9 Å². The average Bonchev–Trinajstić information content (AvgIpc) is 3.07. The van der Waals surface area contributed by atoms with E-state index >= 15 is 0 Å². The lowest BCUT2D eigenvalue weighted by Crippen LogP contribution is -2.34. The van der Waals surface area contributed by atoms with Gasteiger partial charge in [-0.15, -0.1) is 11.3 Å². The van der Waals surface area contributed by atoms with Crippen LogP contribution in [0.3, 0.4) is 0 Å². The minimum absolute atomic E-state index is 0.0934. The van der Waals surface area contributed by atoms with E-state index in [-0.39, 0.29) is 18.0 Å². The van der Waals surface area contributed by atoms with Crippen LogP contribution < -0.4 is 10.9 Å². The molecule has 0 fully saturated rings. The van der Waals surface area contributed by atoms with E-state index in [1.54, 1.807) is 0 Å². The summed E-state index contributed by atoms with van der Waals surface area (Å²) in [6, 6.07) is 7.54. The molecular formula is C19H21BrN4O2S. The molecule has 27 heavy (non-hydrogen) atoms. The zero-order valence-corrected chi connectivity index (χ0v) is 17.6. The van der Waals surface area contributed by atoms with Gasteiger partial charge in [0.1, 0.15) is 10.5 Å². The number of aromatic amines is 1. The van der Waals surface area contributed by atoms with Gasteiger partial charge in [0.2, 0.25) is 5.91 Å². The fourth-order valence-corrected chi connectivity index (χ4v) is 3.84. The highest BCUT2D eigenvalue weighted by molar-refractivity contribution is 9.10. The fourth-order valence-electron chi connectivity index (χ4n) is 2.86. The summed E-state index contributed by atoms with van der Waals surface area (Å²) in [5, 5.41) is 4.78. The molecule has 0 aliphatic rings. The van der Waals surface area contributed by atoms with Crippen molar-refractivity contribution in [1.29, 1.82) is 0 Å². The lowest BCUT2D eigenvalue weighted by molar-refractivity contribution is -0.117. The monoisotopic (exact) mass is 448 g/mol. The minimum atomic E-state index is -0.128. The minimum Gasteiger partial charge on any atom is -0.325 e. The summed E-state index contributed by atoms with van der Waals surface area (Å²) in [6.45, 7) is 5.42. The number of nitrogens with one attached hydrogen (secondary N) is 2. The molecule has 0 spiro atoms. The maximum absolute atomic E-state index is 12.5. The molecule has 1 aromatic carbocycles. The molecule has 0 radical (unpaired) electrons. The first-order chi connectivity index (χ1) is 13.0. The van der Waals surface area contributed by atoms with E-state index < -0.39 is 0 Å². The van der Waals surface area contributed by atoms with Gasteiger partial charge in [-0.3, -0.25) is 14.5 Å². The summed E-state index contributed by atoms with van der Waals surface area (Å²) in [4.78, 5) is 33.9. The van der Waals surface area contributed by atoms with Crippen LogP contribution in [0.4, 0.5) is 5.69 Å². The Hall–Kier alpha value is -2.03. The molecule has 0 bridgehead atoms.